The molecular weight excluding hydrogens is 278 g/mol. The molecule has 0 saturated carbocycles. The average molecular weight is 293 g/mol. The van der Waals surface area contributed by atoms with E-state index in [1.807, 2.05) is 42.5 Å². The van der Waals surface area contributed by atoms with Crippen LogP contribution in [0.4, 0.5) is 10.5 Å². The van der Waals surface area contributed by atoms with Gasteiger partial charge >= 0.3 is 6.09 Å². The van der Waals surface area contributed by atoms with Crippen LogP contribution in [0, 0.1) is 0 Å². The number of methoxy groups -OCH3 is 1. The average Bonchev–Trinajstić information content (AvgIpc) is 2.55. The first-order valence-corrected chi connectivity index (χ1v) is 6.87. The third kappa shape index (κ3) is 3.01. The SMILES string of the molecule is COc1cc2ccccc2cc1NC(=O)Oc1ccccc1. The van der Waals surface area contributed by atoms with Crippen molar-refractivity contribution < 1.29 is 14.3 Å². The first-order valence-electron chi connectivity index (χ1n) is 6.87. The molecule has 0 aromatic heterocycles. The van der Waals surface area contributed by atoms with Crippen molar-refractivity contribution >= 4 is 22.6 Å². The molecule has 4 heteroatoms. The topological polar surface area (TPSA) is 47.6 Å². The highest BCUT2D eigenvalue weighted by Crippen LogP contribution is 2.30. The van der Waals surface area contributed by atoms with E-state index in [0.29, 0.717) is 17.2 Å². The molecule has 0 aliphatic rings. The number of anilines is 1. The maximum Gasteiger partial charge on any atom is 0.417 e. The van der Waals surface area contributed by atoms with Crippen LogP contribution in [0.1, 0.15) is 0 Å². The van der Waals surface area contributed by atoms with E-state index in [2.05, 4.69) is 5.32 Å². The Bertz CT molecular complexity index is 800. The molecule has 22 heavy (non-hydrogen) atoms. The highest BCUT2D eigenvalue weighted by atomic mass is 16.6. The molecule has 0 unspecified atom stereocenters. The van der Waals surface area contributed by atoms with Gasteiger partial charge in [-0.25, -0.2) is 4.79 Å². The van der Waals surface area contributed by atoms with Crippen LogP contribution in [0.15, 0.2) is 66.7 Å². The second-order valence-electron chi connectivity index (χ2n) is 4.73. The Kier molecular flexibility index (Phi) is 3.92. The Balaban J connectivity index is 1.84. The van der Waals surface area contributed by atoms with E-state index < -0.39 is 6.09 Å². The fourth-order valence-electron chi connectivity index (χ4n) is 2.22. The first kappa shape index (κ1) is 13.9. The summed E-state index contributed by atoms with van der Waals surface area (Å²) in [6.45, 7) is 0. The zero-order valence-electron chi connectivity index (χ0n) is 12.1. The van der Waals surface area contributed by atoms with Gasteiger partial charge in [0.25, 0.3) is 0 Å². The summed E-state index contributed by atoms with van der Waals surface area (Å²) in [5.74, 6) is 1.07. The molecule has 1 amide bonds. The van der Waals surface area contributed by atoms with Gasteiger partial charge in [0.15, 0.2) is 0 Å². The number of nitrogens with one attached hydrogen (secondary N) is 1. The lowest BCUT2D eigenvalue weighted by atomic mass is 10.1. The second kappa shape index (κ2) is 6.18. The van der Waals surface area contributed by atoms with E-state index in [9.17, 15) is 4.79 Å². The largest absolute Gasteiger partial charge is 0.495 e. The summed E-state index contributed by atoms with van der Waals surface area (Å²) in [5.41, 5.74) is 0.571. The van der Waals surface area contributed by atoms with E-state index in [1.54, 1.807) is 31.4 Å². The molecule has 0 heterocycles. The Morgan fingerprint density at radius 2 is 1.55 bits per heavy atom. The van der Waals surface area contributed by atoms with Crippen LogP contribution >= 0.6 is 0 Å². The van der Waals surface area contributed by atoms with Crippen molar-refractivity contribution in [3.63, 3.8) is 0 Å². The van der Waals surface area contributed by atoms with Crippen LogP contribution in [0.2, 0.25) is 0 Å². The third-order valence-corrected chi connectivity index (χ3v) is 3.26. The molecule has 3 aromatic carbocycles. The number of hydrogen-bond acceptors (Lipinski definition) is 3. The molecule has 0 saturated heterocycles. The van der Waals surface area contributed by atoms with Gasteiger partial charge in [-0.3, -0.25) is 5.32 Å². The van der Waals surface area contributed by atoms with Gasteiger partial charge in [0, 0.05) is 0 Å². The summed E-state index contributed by atoms with van der Waals surface area (Å²) < 4.78 is 10.6. The number of para-hydroxylation sites is 1. The molecule has 0 atom stereocenters. The zero-order chi connectivity index (χ0) is 15.4. The van der Waals surface area contributed by atoms with Gasteiger partial charge < -0.3 is 9.47 Å². The van der Waals surface area contributed by atoms with Crippen LogP contribution in [-0.4, -0.2) is 13.2 Å². The van der Waals surface area contributed by atoms with Gasteiger partial charge in [-0.1, -0.05) is 42.5 Å². The summed E-state index contributed by atoms with van der Waals surface area (Å²) in [6, 6.07) is 20.5. The van der Waals surface area contributed by atoms with Crippen molar-refractivity contribution in [2.75, 3.05) is 12.4 Å². The molecule has 0 radical (unpaired) electrons. The third-order valence-electron chi connectivity index (χ3n) is 3.26. The lowest BCUT2D eigenvalue weighted by molar-refractivity contribution is 0.215. The van der Waals surface area contributed by atoms with E-state index in [4.69, 9.17) is 9.47 Å². The Hall–Kier alpha value is -3.01. The molecule has 0 bridgehead atoms. The van der Waals surface area contributed by atoms with E-state index >= 15 is 0 Å². The summed E-state index contributed by atoms with van der Waals surface area (Å²) >= 11 is 0. The maximum atomic E-state index is 12.0. The Morgan fingerprint density at radius 1 is 0.909 bits per heavy atom. The molecule has 3 rings (SSSR count). The number of carbonyl (C=O) groups is 1. The minimum atomic E-state index is -0.556. The predicted octanol–water partition coefficient (Wildman–Crippen LogP) is 4.46. The van der Waals surface area contributed by atoms with Crippen molar-refractivity contribution in [3.05, 3.63) is 66.7 Å². The first-order chi connectivity index (χ1) is 10.8. The van der Waals surface area contributed by atoms with Gasteiger partial charge in [-0.2, -0.15) is 0 Å². The highest BCUT2D eigenvalue weighted by Gasteiger charge is 2.10. The minimum Gasteiger partial charge on any atom is -0.495 e. The van der Waals surface area contributed by atoms with Gasteiger partial charge in [0.2, 0.25) is 0 Å². The number of amides is 1. The molecule has 3 aromatic rings. The second-order valence-corrected chi connectivity index (χ2v) is 4.73. The molecule has 110 valence electrons. The van der Waals surface area contributed by atoms with Crippen LogP contribution in [0.5, 0.6) is 11.5 Å². The maximum absolute atomic E-state index is 12.0. The summed E-state index contributed by atoms with van der Waals surface area (Å²) in [5, 5.41) is 4.77. The molecule has 4 nitrogen and oxygen atoms in total. The molecule has 0 aliphatic heterocycles. The molecular formula is C18H15NO3. The molecule has 1 N–H and O–H groups in total. The summed E-state index contributed by atoms with van der Waals surface area (Å²) in [4.78, 5) is 12.0. The van der Waals surface area contributed by atoms with Crippen LogP contribution < -0.4 is 14.8 Å². The van der Waals surface area contributed by atoms with E-state index in [-0.39, 0.29) is 0 Å². The van der Waals surface area contributed by atoms with Crippen LogP contribution in [0.3, 0.4) is 0 Å². The van der Waals surface area contributed by atoms with Crippen LogP contribution in [0.25, 0.3) is 10.8 Å². The van der Waals surface area contributed by atoms with Gasteiger partial charge in [-0.15, -0.1) is 0 Å². The molecule has 0 fully saturated rings. The standard InChI is InChI=1S/C18H15NO3/c1-21-17-12-14-8-6-5-7-13(14)11-16(17)19-18(20)22-15-9-3-2-4-10-15/h2-12H,1H3,(H,19,20). The number of carbonyl (C=O) groups excluding carboxylic acids is 1. The number of ether oxygens (including phenoxy) is 2. The quantitative estimate of drug-likeness (QED) is 0.775. The number of rotatable bonds is 3. The summed E-state index contributed by atoms with van der Waals surface area (Å²) in [7, 11) is 1.57. The predicted molar refractivity (Wildman–Crippen MR) is 86.6 cm³/mol. The summed E-state index contributed by atoms with van der Waals surface area (Å²) in [6.07, 6.45) is -0.556. The number of fused-ring (bicyclic) bond motifs is 1. The molecule has 0 aliphatic carbocycles. The molecule has 0 spiro atoms. The number of benzene rings is 3. The van der Waals surface area contributed by atoms with E-state index in [1.165, 1.54) is 0 Å². The highest BCUT2D eigenvalue weighted by molar-refractivity contribution is 5.94. The van der Waals surface area contributed by atoms with Crippen molar-refractivity contribution in [2.24, 2.45) is 0 Å². The van der Waals surface area contributed by atoms with Crippen LogP contribution in [-0.2, 0) is 0 Å². The fourth-order valence-corrected chi connectivity index (χ4v) is 2.22. The fraction of sp³-hybridized carbons (Fsp3) is 0.0556. The zero-order valence-corrected chi connectivity index (χ0v) is 12.1. The Labute approximate surface area is 128 Å². The van der Waals surface area contributed by atoms with Gasteiger partial charge in [0.05, 0.1) is 12.8 Å². The van der Waals surface area contributed by atoms with Gasteiger partial charge in [0.1, 0.15) is 11.5 Å². The van der Waals surface area contributed by atoms with Crippen molar-refractivity contribution in [2.45, 2.75) is 0 Å². The smallest absolute Gasteiger partial charge is 0.417 e. The van der Waals surface area contributed by atoms with E-state index in [0.717, 1.165) is 10.8 Å². The lowest BCUT2D eigenvalue weighted by Crippen LogP contribution is -2.17. The van der Waals surface area contributed by atoms with Gasteiger partial charge in [-0.05, 0) is 35.0 Å². The van der Waals surface area contributed by atoms with Crippen molar-refractivity contribution in [1.82, 2.24) is 0 Å². The normalized spacial score (nSPS) is 10.2. The van der Waals surface area contributed by atoms with Crippen molar-refractivity contribution in [1.29, 1.82) is 0 Å². The lowest BCUT2D eigenvalue weighted by Gasteiger charge is -2.12. The minimum absolute atomic E-state index is 0.486. The van der Waals surface area contributed by atoms with Crippen molar-refractivity contribution in [3.8, 4) is 11.5 Å². The monoisotopic (exact) mass is 293 g/mol. The Morgan fingerprint density at radius 3 is 2.23 bits per heavy atom. The number of hydrogen-bond donors (Lipinski definition) is 1.